The Hall–Kier alpha value is -3.20. The molecule has 1 unspecified atom stereocenters. The van der Waals surface area contributed by atoms with Gasteiger partial charge < -0.3 is 9.64 Å². The van der Waals surface area contributed by atoms with Crippen LogP contribution in [0, 0.1) is 11.7 Å². The number of benzene rings is 1. The van der Waals surface area contributed by atoms with Crippen molar-refractivity contribution >= 4 is 17.7 Å². The van der Waals surface area contributed by atoms with Crippen molar-refractivity contribution in [3.05, 3.63) is 64.0 Å². The number of carbonyl (C=O) groups is 1. The Balaban J connectivity index is 1.93. The fraction of sp³-hybridized carbons (Fsp3) is 0.364. The van der Waals surface area contributed by atoms with E-state index in [-0.39, 0.29) is 17.7 Å². The van der Waals surface area contributed by atoms with Crippen molar-refractivity contribution in [3.63, 3.8) is 0 Å². The zero-order valence-electron chi connectivity index (χ0n) is 18.2. The van der Waals surface area contributed by atoms with Crippen LogP contribution in [-0.4, -0.2) is 50.5 Å². The molecule has 0 bridgehead atoms. The number of ether oxygens (including phenoxy) is 1. The van der Waals surface area contributed by atoms with Gasteiger partial charge in [0.1, 0.15) is 5.82 Å². The van der Waals surface area contributed by atoms with Crippen molar-refractivity contribution in [1.82, 2.24) is 24.2 Å². The number of aromatic nitrogens is 4. The lowest BCUT2D eigenvalue weighted by molar-refractivity contribution is 0.123. The molecular weight excluding hydrogens is 437 g/mol. The molecule has 3 aromatic rings. The summed E-state index contributed by atoms with van der Waals surface area (Å²) in [5.74, 6) is -0.0212. The lowest BCUT2D eigenvalue weighted by atomic mass is 10.1. The number of nitrogens with zero attached hydrogens (tertiary/aromatic N) is 5. The van der Waals surface area contributed by atoms with Gasteiger partial charge in [-0.25, -0.2) is 23.2 Å². The average Bonchev–Trinajstić information content (AvgIpc) is 3.10. The molecule has 8 nitrogen and oxygen atoms in total. The van der Waals surface area contributed by atoms with Gasteiger partial charge in [0.05, 0.1) is 17.8 Å². The molecule has 0 aliphatic heterocycles. The Morgan fingerprint density at radius 3 is 2.62 bits per heavy atom. The first kappa shape index (κ1) is 23.5. The van der Waals surface area contributed by atoms with E-state index in [4.69, 9.17) is 16.3 Å². The molecule has 0 N–H and O–H groups in total. The van der Waals surface area contributed by atoms with Crippen LogP contribution in [-0.2, 0) is 11.3 Å². The zero-order chi connectivity index (χ0) is 23.3. The second-order valence-electron chi connectivity index (χ2n) is 7.40. The van der Waals surface area contributed by atoms with Crippen LogP contribution in [0.2, 0.25) is 5.02 Å². The van der Waals surface area contributed by atoms with Gasteiger partial charge >= 0.3 is 11.8 Å². The van der Waals surface area contributed by atoms with Crippen molar-refractivity contribution in [2.45, 2.75) is 26.8 Å². The van der Waals surface area contributed by atoms with Gasteiger partial charge in [0.2, 0.25) is 0 Å². The van der Waals surface area contributed by atoms with E-state index in [0.717, 1.165) is 0 Å². The minimum atomic E-state index is -0.405. The number of hydrogen-bond acceptors (Lipinski definition) is 5. The number of amides is 1. The van der Waals surface area contributed by atoms with Crippen molar-refractivity contribution in [1.29, 1.82) is 0 Å². The third kappa shape index (κ3) is 5.16. The van der Waals surface area contributed by atoms with Crippen LogP contribution in [0.5, 0.6) is 0 Å². The van der Waals surface area contributed by atoms with Crippen molar-refractivity contribution in [2.75, 3.05) is 20.2 Å². The number of methoxy groups -OCH3 is 1. The maximum absolute atomic E-state index is 13.5. The molecule has 0 saturated carbocycles. The van der Waals surface area contributed by atoms with Crippen LogP contribution < -0.4 is 5.69 Å². The molecule has 0 spiro atoms. The Bertz CT molecular complexity index is 1130. The predicted octanol–water partition coefficient (Wildman–Crippen LogP) is 4.00. The van der Waals surface area contributed by atoms with E-state index < -0.39 is 5.82 Å². The van der Waals surface area contributed by atoms with E-state index >= 15 is 0 Å². The van der Waals surface area contributed by atoms with Gasteiger partial charge in [0.25, 0.3) is 0 Å². The van der Waals surface area contributed by atoms with Gasteiger partial charge in [-0.05, 0) is 49.6 Å². The summed E-state index contributed by atoms with van der Waals surface area (Å²) in [5.41, 5.74) is 0.644. The molecule has 1 amide bonds. The first-order valence-corrected chi connectivity index (χ1v) is 10.6. The molecule has 0 aliphatic carbocycles. The Morgan fingerprint density at radius 2 is 2.00 bits per heavy atom. The average molecular weight is 462 g/mol. The predicted molar refractivity (Wildman–Crippen MR) is 119 cm³/mol. The maximum Gasteiger partial charge on any atom is 0.409 e. The summed E-state index contributed by atoms with van der Waals surface area (Å²) in [7, 11) is 1.35. The van der Waals surface area contributed by atoms with Crippen molar-refractivity contribution in [2.24, 2.45) is 5.92 Å². The summed E-state index contributed by atoms with van der Waals surface area (Å²) < 4.78 is 21.0. The van der Waals surface area contributed by atoms with Crippen LogP contribution in [0.25, 0.3) is 17.1 Å². The number of hydrogen-bond donors (Lipinski definition) is 0. The van der Waals surface area contributed by atoms with E-state index in [0.29, 0.717) is 48.2 Å². The SMILES string of the molecule is CCN(CCC(C)Cn1nc(-c2ccncc2Cl)n(-c2ccc(F)cc2)c1=O)C(=O)OC. The second-order valence-corrected chi connectivity index (χ2v) is 7.81. The summed E-state index contributed by atoms with van der Waals surface area (Å²) in [6.45, 7) is 5.22. The molecule has 3 rings (SSSR count). The number of halogens is 2. The summed E-state index contributed by atoms with van der Waals surface area (Å²) in [5, 5.41) is 4.88. The minimum Gasteiger partial charge on any atom is -0.453 e. The minimum absolute atomic E-state index is 0.0451. The van der Waals surface area contributed by atoms with E-state index in [2.05, 4.69) is 10.1 Å². The molecule has 10 heteroatoms. The first-order valence-electron chi connectivity index (χ1n) is 10.2. The maximum atomic E-state index is 13.5. The summed E-state index contributed by atoms with van der Waals surface area (Å²) in [6, 6.07) is 7.27. The fourth-order valence-electron chi connectivity index (χ4n) is 3.35. The summed E-state index contributed by atoms with van der Waals surface area (Å²) in [4.78, 5) is 30.6. The molecule has 1 atom stereocenters. The molecule has 1 aromatic carbocycles. The number of rotatable bonds is 8. The normalized spacial score (nSPS) is 11.9. The summed E-state index contributed by atoms with van der Waals surface area (Å²) >= 11 is 6.32. The van der Waals surface area contributed by atoms with Crippen LogP contribution in [0.1, 0.15) is 20.3 Å². The van der Waals surface area contributed by atoms with Crippen LogP contribution in [0.3, 0.4) is 0 Å². The third-order valence-electron chi connectivity index (χ3n) is 5.13. The Morgan fingerprint density at radius 1 is 1.28 bits per heavy atom. The highest BCUT2D eigenvalue weighted by Gasteiger charge is 2.21. The fourth-order valence-corrected chi connectivity index (χ4v) is 3.55. The Kier molecular flexibility index (Phi) is 7.63. The van der Waals surface area contributed by atoms with Gasteiger partial charge in [-0.2, -0.15) is 0 Å². The highest BCUT2D eigenvalue weighted by atomic mass is 35.5. The number of carbonyl (C=O) groups excluding carboxylic acids is 1. The quantitative estimate of drug-likeness (QED) is 0.506. The molecule has 0 saturated heterocycles. The van der Waals surface area contributed by atoms with E-state index in [1.54, 1.807) is 17.2 Å². The van der Waals surface area contributed by atoms with Gasteiger partial charge in [-0.15, -0.1) is 5.10 Å². The molecule has 2 heterocycles. The van der Waals surface area contributed by atoms with Gasteiger partial charge in [-0.1, -0.05) is 18.5 Å². The van der Waals surface area contributed by atoms with Gasteiger partial charge in [0, 0.05) is 37.6 Å². The van der Waals surface area contributed by atoms with E-state index in [1.807, 2.05) is 13.8 Å². The highest BCUT2D eigenvalue weighted by molar-refractivity contribution is 6.33. The van der Waals surface area contributed by atoms with Crippen molar-refractivity contribution in [3.8, 4) is 17.1 Å². The van der Waals surface area contributed by atoms with Crippen LogP contribution in [0.15, 0.2) is 47.5 Å². The van der Waals surface area contributed by atoms with Crippen molar-refractivity contribution < 1.29 is 13.9 Å². The largest absolute Gasteiger partial charge is 0.453 e. The monoisotopic (exact) mass is 461 g/mol. The standard InChI is InChI=1S/C22H25ClFN5O3/c1-4-27(22(31)32-3)12-10-15(2)14-28-21(30)29(17-7-5-16(24)6-8-17)20(26-28)18-9-11-25-13-19(18)23/h5-9,11,13,15H,4,10,12,14H2,1-3H3. The summed E-state index contributed by atoms with van der Waals surface area (Å²) in [6.07, 6.45) is 3.31. The molecular formula is C22H25ClFN5O3. The molecule has 2 aromatic heterocycles. The topological polar surface area (TPSA) is 82.3 Å². The molecule has 170 valence electrons. The highest BCUT2D eigenvalue weighted by Crippen LogP contribution is 2.26. The van der Waals surface area contributed by atoms with Crippen LogP contribution >= 0.6 is 11.6 Å². The number of pyridine rings is 1. The molecule has 32 heavy (non-hydrogen) atoms. The molecule has 0 aliphatic rings. The lowest BCUT2D eigenvalue weighted by Gasteiger charge is -2.21. The third-order valence-corrected chi connectivity index (χ3v) is 5.43. The smallest absolute Gasteiger partial charge is 0.409 e. The van der Waals surface area contributed by atoms with Gasteiger partial charge in [-0.3, -0.25) is 4.98 Å². The zero-order valence-corrected chi connectivity index (χ0v) is 18.9. The van der Waals surface area contributed by atoms with E-state index in [1.165, 1.54) is 46.8 Å². The first-order chi connectivity index (χ1) is 15.3. The molecule has 0 fully saturated rings. The lowest BCUT2D eigenvalue weighted by Crippen LogP contribution is -2.33. The Labute approximate surface area is 190 Å². The van der Waals surface area contributed by atoms with Crippen LogP contribution in [0.4, 0.5) is 9.18 Å². The van der Waals surface area contributed by atoms with Gasteiger partial charge in [0.15, 0.2) is 5.82 Å². The molecule has 0 radical (unpaired) electrons. The second kappa shape index (κ2) is 10.4. The van der Waals surface area contributed by atoms with E-state index in [9.17, 15) is 14.0 Å².